The monoisotopic (exact) mass is 567 g/mol. The number of aliphatic hydroxyl groups excluding tert-OH is 1. The average Bonchev–Trinajstić information content (AvgIpc) is 3.54. The first-order chi connectivity index (χ1) is 19.6. The molecule has 3 saturated heterocycles. The number of aliphatic hydroxyl groups is 1. The van der Waals surface area contributed by atoms with Crippen molar-refractivity contribution >= 4 is 23.4 Å². The smallest absolute Gasteiger partial charge is 0.248 e. The van der Waals surface area contributed by atoms with Gasteiger partial charge < -0.3 is 29.3 Å². The maximum absolute atomic E-state index is 14.5. The van der Waals surface area contributed by atoms with Crippen LogP contribution in [0.1, 0.15) is 53.4 Å². The first-order valence-corrected chi connectivity index (χ1v) is 14.8. The molecule has 6 atom stereocenters. The van der Waals surface area contributed by atoms with E-state index in [0.717, 1.165) is 12.8 Å². The minimum atomic E-state index is -1.16. The van der Waals surface area contributed by atoms with Crippen molar-refractivity contribution in [1.82, 2.24) is 9.80 Å². The predicted octanol–water partition coefficient (Wildman–Crippen LogP) is 3.56. The van der Waals surface area contributed by atoms with Crippen LogP contribution in [0.15, 0.2) is 49.6 Å². The van der Waals surface area contributed by atoms with E-state index in [9.17, 15) is 19.5 Å². The summed E-state index contributed by atoms with van der Waals surface area (Å²) in [5.41, 5.74) is -1.41. The number of ether oxygens (including phenoxy) is 2. The van der Waals surface area contributed by atoms with Gasteiger partial charge in [0.2, 0.25) is 17.7 Å². The SMILES string of the molecule is C=CCN(CCCC)C(=O)C1N([C@H](C)CO)C(=O)[C@@H]2[C@@H](C(=O)N(CC=C)c3ccc(OCC)cc3)[C@@]3(C)CCC12O3. The largest absolute Gasteiger partial charge is 0.494 e. The zero-order valence-corrected chi connectivity index (χ0v) is 24.9. The molecule has 1 N–H and O–H groups in total. The van der Waals surface area contributed by atoms with Crippen molar-refractivity contribution in [3.63, 3.8) is 0 Å². The van der Waals surface area contributed by atoms with Crippen LogP contribution in [0.5, 0.6) is 5.75 Å². The van der Waals surface area contributed by atoms with Gasteiger partial charge in [0.05, 0.1) is 36.7 Å². The normalized spacial score (nSPS) is 28.8. The topological polar surface area (TPSA) is 99.6 Å². The number of anilines is 1. The summed E-state index contributed by atoms with van der Waals surface area (Å²) in [6, 6.07) is 5.72. The second kappa shape index (κ2) is 12.4. The minimum absolute atomic E-state index is 0.221. The van der Waals surface area contributed by atoms with Gasteiger partial charge in [-0.15, -0.1) is 13.2 Å². The van der Waals surface area contributed by atoms with Gasteiger partial charge in [0.15, 0.2) is 0 Å². The van der Waals surface area contributed by atoms with E-state index in [-0.39, 0.29) is 30.9 Å². The van der Waals surface area contributed by atoms with E-state index >= 15 is 0 Å². The summed E-state index contributed by atoms with van der Waals surface area (Å²) in [7, 11) is 0. The van der Waals surface area contributed by atoms with E-state index in [2.05, 4.69) is 20.1 Å². The third-order valence-corrected chi connectivity index (χ3v) is 8.93. The molecule has 9 heteroatoms. The average molecular weight is 568 g/mol. The Morgan fingerprint density at radius 1 is 1.17 bits per heavy atom. The molecule has 3 fully saturated rings. The molecule has 3 aliphatic heterocycles. The predicted molar refractivity (Wildman–Crippen MR) is 157 cm³/mol. The van der Waals surface area contributed by atoms with Crippen molar-refractivity contribution in [2.24, 2.45) is 11.8 Å². The summed E-state index contributed by atoms with van der Waals surface area (Å²) in [6.07, 6.45) is 6.08. The molecule has 2 bridgehead atoms. The number of likely N-dealkylation sites (tertiary alicyclic amines) is 1. The summed E-state index contributed by atoms with van der Waals surface area (Å²) in [5, 5.41) is 10.1. The van der Waals surface area contributed by atoms with Gasteiger partial charge >= 0.3 is 0 Å². The molecule has 0 radical (unpaired) electrons. The Bertz CT molecular complexity index is 1150. The maximum atomic E-state index is 14.5. The lowest BCUT2D eigenvalue weighted by atomic mass is 9.66. The van der Waals surface area contributed by atoms with E-state index in [1.54, 1.807) is 28.9 Å². The fourth-order valence-electron chi connectivity index (χ4n) is 7.06. The number of hydrogen-bond donors (Lipinski definition) is 1. The van der Waals surface area contributed by atoms with Crippen molar-refractivity contribution in [3.8, 4) is 5.75 Å². The summed E-state index contributed by atoms with van der Waals surface area (Å²) < 4.78 is 12.3. The highest BCUT2D eigenvalue weighted by Gasteiger charge is 2.78. The van der Waals surface area contributed by atoms with Crippen molar-refractivity contribution < 1.29 is 29.0 Å². The lowest BCUT2D eigenvalue weighted by Gasteiger charge is -2.38. The number of hydrogen-bond acceptors (Lipinski definition) is 6. The van der Waals surface area contributed by atoms with Crippen LogP contribution in [0.25, 0.3) is 0 Å². The van der Waals surface area contributed by atoms with Gasteiger partial charge in [-0.3, -0.25) is 14.4 Å². The fraction of sp³-hybridized carbons (Fsp3) is 0.594. The Labute approximate surface area is 243 Å². The molecule has 0 aliphatic carbocycles. The molecule has 224 valence electrons. The Morgan fingerprint density at radius 3 is 2.44 bits per heavy atom. The minimum Gasteiger partial charge on any atom is -0.494 e. The molecule has 2 unspecified atom stereocenters. The lowest BCUT2D eigenvalue weighted by molar-refractivity contribution is -0.154. The van der Waals surface area contributed by atoms with Gasteiger partial charge in [0.25, 0.3) is 0 Å². The summed E-state index contributed by atoms with van der Waals surface area (Å²) in [4.78, 5) is 47.9. The van der Waals surface area contributed by atoms with Crippen LogP contribution in [0.3, 0.4) is 0 Å². The van der Waals surface area contributed by atoms with Crippen LogP contribution in [0.2, 0.25) is 0 Å². The van der Waals surface area contributed by atoms with Crippen LogP contribution < -0.4 is 9.64 Å². The van der Waals surface area contributed by atoms with E-state index in [0.29, 0.717) is 44.0 Å². The van der Waals surface area contributed by atoms with Crippen LogP contribution in [0, 0.1) is 11.8 Å². The Balaban J connectivity index is 1.76. The molecule has 9 nitrogen and oxygen atoms in total. The zero-order valence-electron chi connectivity index (χ0n) is 24.9. The number of benzene rings is 1. The van der Waals surface area contributed by atoms with Crippen LogP contribution in [0.4, 0.5) is 5.69 Å². The van der Waals surface area contributed by atoms with Gasteiger partial charge in [0.1, 0.15) is 17.4 Å². The van der Waals surface area contributed by atoms with Gasteiger partial charge in [-0.25, -0.2) is 0 Å². The molecule has 3 heterocycles. The van der Waals surface area contributed by atoms with Gasteiger partial charge in [0, 0.05) is 25.3 Å². The van der Waals surface area contributed by atoms with Crippen LogP contribution >= 0.6 is 0 Å². The first kappa shape index (κ1) is 30.8. The molecule has 0 saturated carbocycles. The molecule has 4 rings (SSSR count). The van der Waals surface area contributed by atoms with Gasteiger partial charge in [-0.1, -0.05) is 25.5 Å². The number of fused-ring (bicyclic) bond motifs is 1. The van der Waals surface area contributed by atoms with Crippen molar-refractivity contribution in [2.45, 2.75) is 76.7 Å². The standard InChI is InChI=1S/C32H45N3O6/c1-7-11-20-33(18-8-2)30(39)27-32-17-16-31(6,41-32)25(26(32)29(38)35(27)22(5)21-36)28(37)34(19-9-3)23-12-14-24(15-13-23)40-10-4/h8-9,12-15,22,25-27,36H,2-3,7,10-11,16-21H2,1,4-6H3/t22-,25+,26+,27?,31-,32?/m1/s1. The Morgan fingerprint density at radius 2 is 1.85 bits per heavy atom. The van der Waals surface area contributed by atoms with E-state index in [1.807, 2.05) is 38.1 Å². The number of carbonyl (C=O) groups is 3. The molecule has 1 aromatic rings. The highest BCUT2D eigenvalue weighted by atomic mass is 16.5. The van der Waals surface area contributed by atoms with Crippen LogP contribution in [-0.4, -0.2) is 88.8 Å². The van der Waals surface area contributed by atoms with E-state index in [4.69, 9.17) is 9.47 Å². The fourth-order valence-corrected chi connectivity index (χ4v) is 7.06. The molecular weight excluding hydrogens is 522 g/mol. The van der Waals surface area contributed by atoms with E-state index < -0.39 is 35.1 Å². The second-order valence-corrected chi connectivity index (χ2v) is 11.6. The highest BCUT2D eigenvalue weighted by Crippen LogP contribution is 2.64. The van der Waals surface area contributed by atoms with Crippen LogP contribution in [-0.2, 0) is 19.1 Å². The van der Waals surface area contributed by atoms with Gasteiger partial charge in [-0.2, -0.15) is 0 Å². The first-order valence-electron chi connectivity index (χ1n) is 14.8. The molecule has 1 aromatic carbocycles. The molecule has 0 aromatic heterocycles. The molecular formula is C32H45N3O6. The Kier molecular flexibility index (Phi) is 9.29. The summed E-state index contributed by atoms with van der Waals surface area (Å²) in [6.45, 7) is 16.6. The number of nitrogens with zero attached hydrogens (tertiary/aromatic N) is 3. The molecule has 3 aliphatic rings. The third-order valence-electron chi connectivity index (χ3n) is 8.93. The highest BCUT2D eigenvalue weighted by molar-refractivity contribution is 6.03. The lowest BCUT2D eigenvalue weighted by Crippen LogP contribution is -2.58. The van der Waals surface area contributed by atoms with E-state index in [1.165, 1.54) is 4.90 Å². The van der Waals surface area contributed by atoms with Crippen molar-refractivity contribution in [2.75, 3.05) is 37.7 Å². The van der Waals surface area contributed by atoms with Crippen molar-refractivity contribution in [1.29, 1.82) is 0 Å². The molecule has 3 amide bonds. The number of rotatable bonds is 14. The Hall–Kier alpha value is -3.17. The zero-order chi connectivity index (χ0) is 29.9. The maximum Gasteiger partial charge on any atom is 0.248 e. The summed E-state index contributed by atoms with van der Waals surface area (Å²) in [5.74, 6) is -1.72. The van der Waals surface area contributed by atoms with Gasteiger partial charge in [-0.05, 0) is 64.3 Å². The number of carbonyl (C=O) groups excluding carboxylic acids is 3. The van der Waals surface area contributed by atoms with Crippen molar-refractivity contribution in [3.05, 3.63) is 49.6 Å². The quantitative estimate of drug-likeness (QED) is 0.345. The second-order valence-electron chi connectivity index (χ2n) is 11.6. The summed E-state index contributed by atoms with van der Waals surface area (Å²) >= 11 is 0. The molecule has 1 spiro atoms. The number of unbranched alkanes of at least 4 members (excludes halogenated alkanes) is 1. The third kappa shape index (κ3) is 5.18. The molecule has 41 heavy (non-hydrogen) atoms. The number of amides is 3.